The lowest BCUT2D eigenvalue weighted by atomic mass is 9.49. The molecule has 0 aliphatic heterocycles. The van der Waals surface area contributed by atoms with E-state index >= 15 is 0 Å². The van der Waals surface area contributed by atoms with E-state index in [1.165, 1.54) is 57.8 Å². The van der Waals surface area contributed by atoms with Crippen LogP contribution < -0.4 is 5.32 Å². The minimum Gasteiger partial charge on any atom is -0.356 e. The lowest BCUT2D eigenvalue weighted by Gasteiger charge is -2.55. The molecule has 23 heavy (non-hydrogen) atoms. The van der Waals surface area contributed by atoms with Gasteiger partial charge in [-0.2, -0.15) is 0 Å². The molecule has 0 aromatic heterocycles. The van der Waals surface area contributed by atoms with Gasteiger partial charge in [-0.25, -0.2) is 0 Å². The third-order valence-corrected chi connectivity index (χ3v) is 6.92. The Morgan fingerprint density at radius 1 is 0.957 bits per heavy atom. The molecule has 1 atom stereocenters. The van der Waals surface area contributed by atoms with Crippen LogP contribution in [0.1, 0.15) is 85.0 Å². The van der Waals surface area contributed by atoms with Gasteiger partial charge in [-0.05, 0) is 74.5 Å². The summed E-state index contributed by atoms with van der Waals surface area (Å²) in [6, 6.07) is 0. The maximum Gasteiger partial charge on any atom is 0.226 e. The van der Waals surface area contributed by atoms with Crippen molar-refractivity contribution in [1.29, 1.82) is 0 Å². The van der Waals surface area contributed by atoms with E-state index in [4.69, 9.17) is 0 Å². The van der Waals surface area contributed by atoms with Crippen molar-refractivity contribution in [3.8, 4) is 0 Å². The quantitative estimate of drug-likeness (QED) is 0.657. The van der Waals surface area contributed by atoms with E-state index in [2.05, 4.69) is 26.1 Å². The second-order valence-corrected chi connectivity index (χ2v) is 9.67. The van der Waals surface area contributed by atoms with Crippen molar-refractivity contribution in [3.05, 3.63) is 0 Å². The van der Waals surface area contributed by atoms with Gasteiger partial charge in [-0.3, -0.25) is 4.79 Å². The number of nitrogens with one attached hydrogen (secondary N) is 1. The van der Waals surface area contributed by atoms with Gasteiger partial charge in [0.2, 0.25) is 5.91 Å². The van der Waals surface area contributed by atoms with Crippen molar-refractivity contribution in [2.45, 2.75) is 85.0 Å². The van der Waals surface area contributed by atoms with E-state index in [9.17, 15) is 4.79 Å². The molecular formula is C21H37NO. The number of amides is 1. The van der Waals surface area contributed by atoms with Gasteiger partial charge < -0.3 is 5.32 Å². The SMILES string of the molecule is CC(C)CCCC(C)CCNC(=O)C12CC3CC(CC(C3)C1)C2. The lowest BCUT2D eigenvalue weighted by Crippen LogP contribution is -2.53. The molecule has 1 N–H and O–H groups in total. The molecule has 0 spiro atoms. The zero-order valence-corrected chi connectivity index (χ0v) is 15.6. The van der Waals surface area contributed by atoms with Crippen molar-refractivity contribution in [2.75, 3.05) is 6.54 Å². The average molecular weight is 320 g/mol. The summed E-state index contributed by atoms with van der Waals surface area (Å²) in [7, 11) is 0. The summed E-state index contributed by atoms with van der Waals surface area (Å²) < 4.78 is 0. The first-order chi connectivity index (χ1) is 11.0. The highest BCUT2D eigenvalue weighted by atomic mass is 16.2. The molecule has 0 aromatic rings. The molecule has 1 amide bonds. The maximum atomic E-state index is 12.9. The first kappa shape index (κ1) is 17.3. The van der Waals surface area contributed by atoms with Crippen LogP contribution in [0.4, 0.5) is 0 Å². The molecule has 4 aliphatic rings. The van der Waals surface area contributed by atoms with E-state index in [-0.39, 0.29) is 5.41 Å². The molecule has 132 valence electrons. The second-order valence-electron chi connectivity index (χ2n) is 9.67. The van der Waals surface area contributed by atoms with Gasteiger partial charge in [-0.15, -0.1) is 0 Å². The van der Waals surface area contributed by atoms with E-state index in [1.807, 2.05) is 0 Å². The van der Waals surface area contributed by atoms with Crippen molar-refractivity contribution in [2.24, 2.45) is 35.0 Å². The summed E-state index contributed by atoms with van der Waals surface area (Å²) in [5.41, 5.74) is 0.0373. The first-order valence-electron chi connectivity index (χ1n) is 10.2. The Morgan fingerprint density at radius 2 is 1.52 bits per heavy atom. The molecular weight excluding hydrogens is 282 g/mol. The predicted molar refractivity (Wildman–Crippen MR) is 96.1 cm³/mol. The number of carbonyl (C=O) groups is 1. The number of hydrogen-bond acceptors (Lipinski definition) is 1. The van der Waals surface area contributed by atoms with Crippen molar-refractivity contribution < 1.29 is 4.79 Å². The fraction of sp³-hybridized carbons (Fsp3) is 0.952. The van der Waals surface area contributed by atoms with Crippen LogP contribution in [0.5, 0.6) is 0 Å². The predicted octanol–water partition coefficient (Wildman–Crippen LogP) is 5.17. The molecule has 1 unspecified atom stereocenters. The minimum absolute atomic E-state index is 0.0373. The van der Waals surface area contributed by atoms with Gasteiger partial charge >= 0.3 is 0 Å². The van der Waals surface area contributed by atoms with Gasteiger partial charge in [-0.1, -0.05) is 40.0 Å². The summed E-state index contributed by atoms with van der Waals surface area (Å²) in [4.78, 5) is 12.9. The van der Waals surface area contributed by atoms with Gasteiger partial charge in [0, 0.05) is 12.0 Å². The maximum absolute atomic E-state index is 12.9. The molecule has 2 heteroatoms. The Labute approximate surface area is 143 Å². The highest BCUT2D eigenvalue weighted by Crippen LogP contribution is 2.60. The zero-order valence-electron chi connectivity index (χ0n) is 15.6. The Kier molecular flexibility index (Phi) is 5.38. The molecule has 4 aliphatic carbocycles. The van der Waals surface area contributed by atoms with Crippen LogP contribution in [0.2, 0.25) is 0 Å². The molecule has 0 aromatic carbocycles. The molecule has 2 nitrogen and oxygen atoms in total. The topological polar surface area (TPSA) is 29.1 Å². The standard InChI is InChI=1S/C21H37NO/c1-15(2)5-4-6-16(3)7-8-22-20(23)21-12-17-9-18(13-21)11-19(10-17)14-21/h15-19H,4-14H2,1-3H3,(H,22,23). The van der Waals surface area contributed by atoms with Crippen LogP contribution in [0.25, 0.3) is 0 Å². The third kappa shape index (κ3) is 4.12. The van der Waals surface area contributed by atoms with Crippen molar-refractivity contribution in [3.63, 3.8) is 0 Å². The molecule has 4 rings (SSSR count). The number of hydrogen-bond donors (Lipinski definition) is 1. The van der Waals surface area contributed by atoms with Gasteiger partial charge in [0.05, 0.1) is 0 Å². The van der Waals surface area contributed by atoms with E-state index in [0.717, 1.165) is 42.6 Å². The van der Waals surface area contributed by atoms with Crippen LogP contribution in [0.15, 0.2) is 0 Å². The third-order valence-electron chi connectivity index (χ3n) is 6.92. The van der Waals surface area contributed by atoms with Gasteiger partial charge in [0.15, 0.2) is 0 Å². The van der Waals surface area contributed by atoms with Crippen LogP contribution in [-0.4, -0.2) is 12.5 Å². The van der Waals surface area contributed by atoms with Crippen molar-refractivity contribution >= 4 is 5.91 Å². The smallest absolute Gasteiger partial charge is 0.226 e. The Morgan fingerprint density at radius 3 is 2.04 bits per heavy atom. The Hall–Kier alpha value is -0.530. The van der Waals surface area contributed by atoms with Crippen LogP contribution in [-0.2, 0) is 4.79 Å². The molecule has 0 saturated heterocycles. The largest absolute Gasteiger partial charge is 0.356 e. The molecule has 4 bridgehead atoms. The van der Waals surface area contributed by atoms with Gasteiger partial charge in [0.25, 0.3) is 0 Å². The van der Waals surface area contributed by atoms with Crippen LogP contribution in [0, 0.1) is 35.0 Å². The monoisotopic (exact) mass is 319 g/mol. The molecule has 0 radical (unpaired) electrons. The van der Waals surface area contributed by atoms with Crippen molar-refractivity contribution in [1.82, 2.24) is 5.32 Å². The Balaban J connectivity index is 1.40. The van der Waals surface area contributed by atoms with E-state index in [0.29, 0.717) is 5.91 Å². The summed E-state index contributed by atoms with van der Waals surface area (Å²) >= 11 is 0. The first-order valence-corrected chi connectivity index (χ1v) is 10.2. The summed E-state index contributed by atoms with van der Waals surface area (Å²) in [6.07, 6.45) is 12.9. The summed E-state index contributed by atoms with van der Waals surface area (Å²) in [6.45, 7) is 7.84. The molecule has 0 heterocycles. The number of rotatable bonds is 8. The van der Waals surface area contributed by atoms with Crippen LogP contribution in [0.3, 0.4) is 0 Å². The van der Waals surface area contributed by atoms with E-state index in [1.54, 1.807) is 0 Å². The second kappa shape index (κ2) is 7.15. The van der Waals surface area contributed by atoms with E-state index < -0.39 is 0 Å². The molecule has 4 fully saturated rings. The lowest BCUT2D eigenvalue weighted by molar-refractivity contribution is -0.146. The summed E-state index contributed by atoms with van der Waals surface area (Å²) in [5.74, 6) is 4.56. The minimum atomic E-state index is 0.0373. The summed E-state index contributed by atoms with van der Waals surface area (Å²) in [5, 5.41) is 3.33. The normalized spacial score (nSPS) is 36.4. The van der Waals surface area contributed by atoms with Gasteiger partial charge in [0.1, 0.15) is 0 Å². The van der Waals surface area contributed by atoms with Crippen LogP contribution >= 0.6 is 0 Å². The zero-order chi connectivity index (χ0) is 16.4. The Bertz CT molecular complexity index is 379. The highest BCUT2D eigenvalue weighted by molar-refractivity contribution is 5.83. The molecule has 4 saturated carbocycles. The number of carbonyl (C=O) groups excluding carboxylic acids is 1. The average Bonchev–Trinajstić information content (AvgIpc) is 2.45. The fourth-order valence-corrected chi connectivity index (χ4v) is 6.03. The highest BCUT2D eigenvalue weighted by Gasteiger charge is 2.54. The fourth-order valence-electron chi connectivity index (χ4n) is 6.03.